The van der Waals surface area contributed by atoms with Crippen LogP contribution in [0.25, 0.3) is 0 Å². The highest BCUT2D eigenvalue weighted by atomic mass is 32.2. The predicted molar refractivity (Wildman–Crippen MR) is 92.5 cm³/mol. The number of sulfone groups is 1. The predicted octanol–water partition coefficient (Wildman–Crippen LogP) is 4.60. The molecule has 0 N–H and O–H groups in total. The van der Waals surface area contributed by atoms with Gasteiger partial charge in [0.15, 0.2) is 9.84 Å². The van der Waals surface area contributed by atoms with Crippen molar-refractivity contribution >= 4 is 9.84 Å². The van der Waals surface area contributed by atoms with Gasteiger partial charge in [-0.05, 0) is 44.7 Å². The Kier molecular flexibility index (Phi) is 5.62. The molecule has 0 bridgehead atoms. The molecule has 0 aliphatic heterocycles. The van der Waals surface area contributed by atoms with Crippen molar-refractivity contribution in [2.45, 2.75) is 44.1 Å². The third kappa shape index (κ3) is 4.84. The lowest BCUT2D eigenvalue weighted by Gasteiger charge is -2.19. The summed E-state index contributed by atoms with van der Waals surface area (Å²) < 4.78 is 63.7. The molecule has 0 radical (unpaired) electrons. The van der Waals surface area contributed by atoms with Crippen molar-refractivity contribution in [1.82, 2.24) is 0 Å². The van der Waals surface area contributed by atoms with E-state index in [-0.39, 0.29) is 17.7 Å². The largest absolute Gasteiger partial charge is 0.228 e. The van der Waals surface area contributed by atoms with Gasteiger partial charge in [0.1, 0.15) is 17.5 Å². The fraction of sp³-hybridized carbons (Fsp3) is 0.368. The Morgan fingerprint density at radius 2 is 1.32 bits per heavy atom. The number of rotatable bonds is 5. The van der Waals surface area contributed by atoms with Gasteiger partial charge in [0.25, 0.3) is 0 Å². The molecule has 0 spiro atoms. The van der Waals surface area contributed by atoms with Crippen LogP contribution in [0.15, 0.2) is 36.4 Å². The Morgan fingerprint density at radius 3 is 1.80 bits per heavy atom. The molecule has 136 valence electrons. The van der Waals surface area contributed by atoms with Crippen LogP contribution < -0.4 is 0 Å². The molecule has 6 heteroatoms. The van der Waals surface area contributed by atoms with E-state index in [0.717, 1.165) is 5.56 Å². The van der Waals surface area contributed by atoms with Crippen molar-refractivity contribution in [3.8, 4) is 0 Å². The summed E-state index contributed by atoms with van der Waals surface area (Å²) in [7, 11) is -3.27. The SMILES string of the molecule is CC(C)(C)S(=O)(=O)Cc1ccc(CCc2c(F)cc(F)cc2F)cc1. The van der Waals surface area contributed by atoms with Gasteiger partial charge in [-0.3, -0.25) is 0 Å². The highest BCUT2D eigenvalue weighted by Gasteiger charge is 2.28. The first-order chi connectivity index (χ1) is 11.5. The minimum atomic E-state index is -3.27. The maximum atomic E-state index is 13.6. The molecule has 0 aliphatic rings. The molecule has 2 rings (SSSR count). The Labute approximate surface area is 146 Å². The third-order valence-electron chi connectivity index (χ3n) is 4.08. The zero-order chi connectivity index (χ0) is 18.8. The van der Waals surface area contributed by atoms with Crippen LogP contribution in [-0.2, 0) is 28.4 Å². The molecule has 2 nitrogen and oxygen atoms in total. The van der Waals surface area contributed by atoms with Crippen molar-refractivity contribution in [3.63, 3.8) is 0 Å². The topological polar surface area (TPSA) is 34.1 Å². The summed E-state index contributed by atoms with van der Waals surface area (Å²) in [6.45, 7) is 4.97. The summed E-state index contributed by atoms with van der Waals surface area (Å²) >= 11 is 0. The molecule has 0 aromatic heterocycles. The van der Waals surface area contributed by atoms with Crippen LogP contribution in [0.2, 0.25) is 0 Å². The monoisotopic (exact) mass is 370 g/mol. The zero-order valence-electron chi connectivity index (χ0n) is 14.4. The van der Waals surface area contributed by atoms with Gasteiger partial charge in [-0.15, -0.1) is 0 Å². The molecule has 0 fully saturated rings. The molecular weight excluding hydrogens is 349 g/mol. The molecule has 0 saturated heterocycles. The van der Waals surface area contributed by atoms with Gasteiger partial charge in [0.2, 0.25) is 0 Å². The smallest absolute Gasteiger partial charge is 0.159 e. The molecule has 2 aromatic rings. The number of benzene rings is 2. The van der Waals surface area contributed by atoms with Gasteiger partial charge in [-0.1, -0.05) is 24.3 Å². The Hall–Kier alpha value is -1.82. The van der Waals surface area contributed by atoms with Crippen LogP contribution in [0.4, 0.5) is 13.2 Å². The average molecular weight is 370 g/mol. The summed E-state index contributed by atoms with van der Waals surface area (Å²) in [6, 6.07) is 8.23. The van der Waals surface area contributed by atoms with E-state index in [0.29, 0.717) is 24.1 Å². The van der Waals surface area contributed by atoms with Crippen LogP contribution in [0.3, 0.4) is 0 Å². The quantitative estimate of drug-likeness (QED) is 0.771. The summed E-state index contributed by atoms with van der Waals surface area (Å²) in [5.41, 5.74) is 1.33. The lowest BCUT2D eigenvalue weighted by atomic mass is 10.0. The van der Waals surface area contributed by atoms with Crippen molar-refractivity contribution in [2.24, 2.45) is 0 Å². The van der Waals surface area contributed by atoms with E-state index in [1.165, 1.54) is 0 Å². The van der Waals surface area contributed by atoms with E-state index in [2.05, 4.69) is 0 Å². The Balaban J connectivity index is 2.07. The molecule has 0 heterocycles. The summed E-state index contributed by atoms with van der Waals surface area (Å²) in [5.74, 6) is -2.79. The number of hydrogen-bond donors (Lipinski definition) is 0. The molecule has 0 unspecified atom stereocenters. The lowest BCUT2D eigenvalue weighted by Crippen LogP contribution is -2.29. The van der Waals surface area contributed by atoms with Crippen LogP contribution in [0, 0.1) is 17.5 Å². The molecule has 0 saturated carbocycles. The Morgan fingerprint density at radius 1 is 0.840 bits per heavy atom. The van der Waals surface area contributed by atoms with Crippen LogP contribution in [0.1, 0.15) is 37.5 Å². The van der Waals surface area contributed by atoms with Gasteiger partial charge in [-0.25, -0.2) is 21.6 Å². The normalized spacial score (nSPS) is 12.4. The summed E-state index contributed by atoms with van der Waals surface area (Å²) in [4.78, 5) is 0. The van der Waals surface area contributed by atoms with Crippen molar-refractivity contribution < 1.29 is 21.6 Å². The fourth-order valence-electron chi connectivity index (χ4n) is 2.32. The van der Waals surface area contributed by atoms with E-state index >= 15 is 0 Å². The standard InChI is InChI=1S/C19H21F3O2S/c1-19(2,3)25(23,24)12-14-6-4-13(5-7-14)8-9-16-17(21)10-15(20)11-18(16)22/h4-7,10-11H,8-9,12H2,1-3H3. The first-order valence-corrected chi connectivity index (χ1v) is 9.58. The van der Waals surface area contributed by atoms with Crippen molar-refractivity contribution in [2.75, 3.05) is 0 Å². The van der Waals surface area contributed by atoms with Gasteiger partial charge >= 0.3 is 0 Å². The number of halogens is 3. The maximum Gasteiger partial charge on any atom is 0.159 e. The third-order valence-corrected chi connectivity index (χ3v) is 6.66. The first-order valence-electron chi connectivity index (χ1n) is 7.93. The molecule has 25 heavy (non-hydrogen) atoms. The molecule has 2 aromatic carbocycles. The molecule has 0 amide bonds. The van der Waals surface area contributed by atoms with Crippen LogP contribution in [-0.4, -0.2) is 13.2 Å². The Bertz CT molecular complexity index is 828. The van der Waals surface area contributed by atoms with Gasteiger partial charge in [0.05, 0.1) is 10.5 Å². The van der Waals surface area contributed by atoms with E-state index in [4.69, 9.17) is 0 Å². The zero-order valence-corrected chi connectivity index (χ0v) is 15.3. The fourth-order valence-corrected chi connectivity index (χ4v) is 3.38. The minimum absolute atomic E-state index is 0.0575. The van der Waals surface area contributed by atoms with E-state index in [1.54, 1.807) is 45.0 Å². The number of hydrogen-bond acceptors (Lipinski definition) is 2. The van der Waals surface area contributed by atoms with Gasteiger partial charge in [-0.2, -0.15) is 0 Å². The van der Waals surface area contributed by atoms with Gasteiger partial charge in [0, 0.05) is 17.7 Å². The van der Waals surface area contributed by atoms with E-state index < -0.39 is 32.0 Å². The summed E-state index contributed by atoms with van der Waals surface area (Å²) in [6.07, 6.45) is 0.462. The summed E-state index contributed by atoms with van der Waals surface area (Å²) in [5, 5.41) is 0. The second-order valence-corrected chi connectivity index (χ2v) is 9.78. The number of aryl methyl sites for hydroxylation is 1. The highest BCUT2D eigenvalue weighted by molar-refractivity contribution is 7.91. The molecular formula is C19H21F3O2S. The average Bonchev–Trinajstić information content (AvgIpc) is 2.46. The van der Waals surface area contributed by atoms with Crippen molar-refractivity contribution in [1.29, 1.82) is 0 Å². The van der Waals surface area contributed by atoms with E-state index in [9.17, 15) is 21.6 Å². The highest BCUT2D eigenvalue weighted by Crippen LogP contribution is 2.21. The van der Waals surface area contributed by atoms with Crippen LogP contribution in [0.5, 0.6) is 0 Å². The molecule has 0 atom stereocenters. The van der Waals surface area contributed by atoms with Crippen molar-refractivity contribution in [3.05, 3.63) is 70.5 Å². The van der Waals surface area contributed by atoms with E-state index in [1.807, 2.05) is 0 Å². The second kappa shape index (κ2) is 7.20. The van der Waals surface area contributed by atoms with Gasteiger partial charge < -0.3 is 0 Å². The first kappa shape index (κ1) is 19.5. The molecule has 0 aliphatic carbocycles. The lowest BCUT2D eigenvalue weighted by molar-refractivity contribution is 0.523. The van der Waals surface area contributed by atoms with Crippen LogP contribution >= 0.6 is 0 Å². The minimum Gasteiger partial charge on any atom is -0.228 e. The second-order valence-electron chi connectivity index (χ2n) is 7.04. The maximum absolute atomic E-state index is 13.6.